The molecule has 0 radical (unpaired) electrons. The van der Waals surface area contributed by atoms with Crippen LogP contribution in [0.1, 0.15) is 31.7 Å². The first-order valence-corrected chi connectivity index (χ1v) is 8.13. The summed E-state index contributed by atoms with van der Waals surface area (Å²) in [6.45, 7) is 6.34. The maximum atomic E-state index is 4.50. The van der Waals surface area contributed by atoms with Crippen LogP contribution in [0, 0.1) is 0 Å². The standard InChI is InChI=1S/C18H27N5/c1-14(2)15-6-8-16(9-7-15)21-18-20-12-10-17(22-18)19-11-5-13-23(3)4/h6-10,12,14H,5,11,13H2,1-4H3,(H2,19,20,21,22). The molecule has 2 aromatic rings. The number of hydrogen-bond donors (Lipinski definition) is 2. The van der Waals surface area contributed by atoms with Crippen molar-refractivity contribution in [2.75, 3.05) is 37.8 Å². The van der Waals surface area contributed by atoms with Crippen molar-refractivity contribution in [3.63, 3.8) is 0 Å². The maximum Gasteiger partial charge on any atom is 0.229 e. The van der Waals surface area contributed by atoms with E-state index in [1.54, 1.807) is 6.20 Å². The molecule has 0 fully saturated rings. The van der Waals surface area contributed by atoms with Crippen molar-refractivity contribution in [3.8, 4) is 0 Å². The topological polar surface area (TPSA) is 53.1 Å². The summed E-state index contributed by atoms with van der Waals surface area (Å²) in [5.74, 6) is 2.00. The number of nitrogens with zero attached hydrogens (tertiary/aromatic N) is 3. The maximum absolute atomic E-state index is 4.50. The van der Waals surface area contributed by atoms with Gasteiger partial charge >= 0.3 is 0 Å². The zero-order valence-corrected chi connectivity index (χ0v) is 14.5. The predicted octanol–water partition coefficient (Wildman–Crippen LogP) is 3.71. The van der Waals surface area contributed by atoms with E-state index in [-0.39, 0.29) is 0 Å². The third-order valence-electron chi connectivity index (χ3n) is 3.58. The quantitative estimate of drug-likeness (QED) is 0.728. The van der Waals surface area contributed by atoms with Crippen molar-refractivity contribution in [3.05, 3.63) is 42.1 Å². The Morgan fingerprint density at radius 1 is 1.09 bits per heavy atom. The molecule has 0 spiro atoms. The van der Waals surface area contributed by atoms with E-state index in [0.29, 0.717) is 11.9 Å². The van der Waals surface area contributed by atoms with E-state index in [2.05, 4.69) is 77.7 Å². The third kappa shape index (κ3) is 5.87. The molecular weight excluding hydrogens is 286 g/mol. The van der Waals surface area contributed by atoms with Gasteiger partial charge in [-0.2, -0.15) is 4.98 Å². The lowest BCUT2D eigenvalue weighted by atomic mass is 10.0. The van der Waals surface area contributed by atoms with Crippen LogP contribution < -0.4 is 10.6 Å². The molecule has 0 atom stereocenters. The molecule has 5 nitrogen and oxygen atoms in total. The molecule has 2 rings (SSSR count). The second-order valence-corrected chi connectivity index (χ2v) is 6.25. The summed E-state index contributed by atoms with van der Waals surface area (Å²) < 4.78 is 0. The van der Waals surface area contributed by atoms with Crippen molar-refractivity contribution in [1.29, 1.82) is 0 Å². The Balaban J connectivity index is 1.91. The highest BCUT2D eigenvalue weighted by Gasteiger charge is 2.02. The molecule has 5 heteroatoms. The van der Waals surface area contributed by atoms with Gasteiger partial charge in [-0.05, 0) is 56.7 Å². The highest BCUT2D eigenvalue weighted by atomic mass is 15.1. The highest BCUT2D eigenvalue weighted by Crippen LogP contribution is 2.19. The number of hydrogen-bond acceptors (Lipinski definition) is 5. The van der Waals surface area contributed by atoms with Gasteiger partial charge in [-0.15, -0.1) is 0 Å². The Hall–Kier alpha value is -2.14. The SMILES string of the molecule is CC(C)c1ccc(Nc2nccc(NCCCN(C)C)n2)cc1. The van der Waals surface area contributed by atoms with Crippen molar-refractivity contribution < 1.29 is 0 Å². The number of rotatable bonds is 8. The first kappa shape index (κ1) is 17.2. The van der Waals surface area contributed by atoms with Crippen LogP contribution in [0.5, 0.6) is 0 Å². The molecule has 0 bridgehead atoms. The molecule has 0 aliphatic carbocycles. The van der Waals surface area contributed by atoms with Crippen molar-refractivity contribution in [2.45, 2.75) is 26.2 Å². The fourth-order valence-corrected chi connectivity index (χ4v) is 2.21. The number of aromatic nitrogens is 2. The van der Waals surface area contributed by atoms with Crippen LogP contribution in [0.15, 0.2) is 36.5 Å². The Morgan fingerprint density at radius 3 is 2.48 bits per heavy atom. The Bertz CT molecular complexity index is 593. The van der Waals surface area contributed by atoms with Gasteiger partial charge in [0.1, 0.15) is 5.82 Å². The van der Waals surface area contributed by atoms with E-state index in [9.17, 15) is 0 Å². The zero-order valence-electron chi connectivity index (χ0n) is 14.5. The van der Waals surface area contributed by atoms with Gasteiger partial charge < -0.3 is 15.5 Å². The fraction of sp³-hybridized carbons (Fsp3) is 0.444. The monoisotopic (exact) mass is 313 g/mol. The average Bonchev–Trinajstić information content (AvgIpc) is 2.52. The lowest BCUT2D eigenvalue weighted by Crippen LogP contribution is -2.16. The first-order valence-electron chi connectivity index (χ1n) is 8.13. The number of benzene rings is 1. The van der Waals surface area contributed by atoms with Crippen molar-refractivity contribution >= 4 is 17.5 Å². The average molecular weight is 313 g/mol. The van der Waals surface area contributed by atoms with Gasteiger partial charge in [-0.3, -0.25) is 0 Å². The summed E-state index contributed by atoms with van der Waals surface area (Å²) in [6.07, 6.45) is 2.85. The van der Waals surface area contributed by atoms with Gasteiger partial charge in [-0.25, -0.2) is 4.98 Å². The Morgan fingerprint density at radius 2 is 1.83 bits per heavy atom. The third-order valence-corrected chi connectivity index (χ3v) is 3.58. The fourth-order valence-electron chi connectivity index (χ4n) is 2.21. The summed E-state index contributed by atoms with van der Waals surface area (Å²) in [5.41, 5.74) is 2.33. The summed E-state index contributed by atoms with van der Waals surface area (Å²) in [5, 5.41) is 6.58. The van der Waals surface area contributed by atoms with Crippen LogP contribution in [0.25, 0.3) is 0 Å². The summed E-state index contributed by atoms with van der Waals surface area (Å²) in [7, 11) is 4.16. The molecule has 0 unspecified atom stereocenters. The minimum absolute atomic E-state index is 0.537. The van der Waals surface area contributed by atoms with Gasteiger partial charge in [-0.1, -0.05) is 26.0 Å². The molecule has 0 saturated heterocycles. The minimum Gasteiger partial charge on any atom is -0.370 e. The molecule has 1 aromatic carbocycles. The smallest absolute Gasteiger partial charge is 0.229 e. The minimum atomic E-state index is 0.537. The van der Waals surface area contributed by atoms with Gasteiger partial charge in [0.2, 0.25) is 5.95 Å². The highest BCUT2D eigenvalue weighted by molar-refractivity contribution is 5.55. The lowest BCUT2D eigenvalue weighted by molar-refractivity contribution is 0.405. The van der Waals surface area contributed by atoms with E-state index in [1.807, 2.05) is 6.07 Å². The van der Waals surface area contributed by atoms with Crippen molar-refractivity contribution in [2.24, 2.45) is 0 Å². The molecule has 0 aliphatic heterocycles. The van der Waals surface area contributed by atoms with Crippen LogP contribution in [0.2, 0.25) is 0 Å². The molecule has 1 aromatic heterocycles. The molecular formula is C18H27N5. The second-order valence-electron chi connectivity index (χ2n) is 6.25. The molecule has 124 valence electrons. The van der Waals surface area contributed by atoms with E-state index in [1.165, 1.54) is 5.56 Å². The number of nitrogens with one attached hydrogen (secondary N) is 2. The van der Waals surface area contributed by atoms with Gasteiger partial charge in [0.05, 0.1) is 0 Å². The van der Waals surface area contributed by atoms with Gasteiger partial charge in [0.25, 0.3) is 0 Å². The van der Waals surface area contributed by atoms with E-state index < -0.39 is 0 Å². The summed E-state index contributed by atoms with van der Waals surface area (Å²) in [6, 6.07) is 10.3. The van der Waals surface area contributed by atoms with Crippen LogP contribution in [-0.4, -0.2) is 42.1 Å². The Kier molecular flexibility index (Phi) is 6.35. The molecule has 1 heterocycles. The van der Waals surface area contributed by atoms with Crippen LogP contribution in [0.4, 0.5) is 17.5 Å². The van der Waals surface area contributed by atoms with Crippen LogP contribution in [-0.2, 0) is 0 Å². The summed E-state index contributed by atoms with van der Waals surface area (Å²) in [4.78, 5) is 10.9. The van der Waals surface area contributed by atoms with E-state index >= 15 is 0 Å². The van der Waals surface area contributed by atoms with Crippen LogP contribution >= 0.6 is 0 Å². The van der Waals surface area contributed by atoms with Crippen molar-refractivity contribution in [1.82, 2.24) is 14.9 Å². The van der Waals surface area contributed by atoms with Gasteiger partial charge in [0, 0.05) is 18.4 Å². The second kappa shape index (κ2) is 8.48. The molecule has 0 amide bonds. The predicted molar refractivity (Wildman–Crippen MR) is 97.5 cm³/mol. The number of anilines is 3. The lowest BCUT2D eigenvalue weighted by Gasteiger charge is -2.11. The zero-order chi connectivity index (χ0) is 16.7. The Labute approximate surface area is 139 Å². The van der Waals surface area contributed by atoms with E-state index in [4.69, 9.17) is 0 Å². The molecule has 0 saturated carbocycles. The van der Waals surface area contributed by atoms with E-state index in [0.717, 1.165) is 31.0 Å². The largest absolute Gasteiger partial charge is 0.370 e. The first-order chi connectivity index (χ1) is 11.0. The summed E-state index contributed by atoms with van der Waals surface area (Å²) >= 11 is 0. The molecule has 2 N–H and O–H groups in total. The molecule has 23 heavy (non-hydrogen) atoms. The van der Waals surface area contributed by atoms with Crippen LogP contribution in [0.3, 0.4) is 0 Å². The molecule has 0 aliphatic rings. The normalized spacial score (nSPS) is 11.0. The van der Waals surface area contributed by atoms with Gasteiger partial charge in [0.15, 0.2) is 0 Å².